The molecule has 23 heavy (non-hydrogen) atoms. The van der Waals surface area contributed by atoms with Crippen molar-refractivity contribution >= 4 is 27.6 Å². The number of nitrogens with zero attached hydrogens (tertiary/aromatic N) is 1. The first-order chi connectivity index (χ1) is 11.0. The Hall–Kier alpha value is -1.24. The van der Waals surface area contributed by atoms with Gasteiger partial charge in [-0.25, -0.2) is 0 Å². The van der Waals surface area contributed by atoms with E-state index in [2.05, 4.69) is 20.9 Å². The van der Waals surface area contributed by atoms with Crippen LogP contribution >= 0.6 is 15.9 Å². The van der Waals surface area contributed by atoms with E-state index in [9.17, 15) is 4.79 Å². The zero-order valence-electron chi connectivity index (χ0n) is 13.6. The number of methoxy groups -OCH3 is 1. The third-order valence-corrected chi connectivity index (χ3v) is 4.58. The fourth-order valence-corrected chi connectivity index (χ4v) is 3.13. The van der Waals surface area contributed by atoms with Crippen molar-refractivity contribution in [2.24, 2.45) is 4.99 Å². The van der Waals surface area contributed by atoms with Gasteiger partial charge in [-0.15, -0.1) is 0 Å². The predicted molar refractivity (Wildman–Crippen MR) is 92.0 cm³/mol. The predicted octanol–water partition coefficient (Wildman–Crippen LogP) is 2.97. The Morgan fingerprint density at radius 3 is 2.74 bits per heavy atom. The van der Waals surface area contributed by atoms with E-state index in [-0.39, 0.29) is 18.1 Å². The molecule has 0 radical (unpaired) electrons. The molecule has 0 bridgehead atoms. The summed E-state index contributed by atoms with van der Waals surface area (Å²) >= 11 is 3.50. The second kappa shape index (κ2) is 8.57. The molecule has 126 valence electrons. The molecular formula is C17H22BrNO4. The van der Waals surface area contributed by atoms with Crippen LogP contribution in [0.2, 0.25) is 0 Å². The summed E-state index contributed by atoms with van der Waals surface area (Å²) in [5.74, 6) is -0.867. The number of ether oxygens (including phenoxy) is 3. The number of rotatable bonds is 5. The minimum absolute atomic E-state index is 0.0868. The van der Waals surface area contributed by atoms with Crippen molar-refractivity contribution in [3.63, 3.8) is 0 Å². The van der Waals surface area contributed by atoms with Gasteiger partial charge in [0.1, 0.15) is 12.0 Å². The maximum Gasteiger partial charge on any atom is 0.318 e. The summed E-state index contributed by atoms with van der Waals surface area (Å²) in [6.45, 7) is 5.54. The van der Waals surface area contributed by atoms with Crippen LogP contribution in [0.3, 0.4) is 0 Å². The third kappa shape index (κ3) is 4.62. The lowest BCUT2D eigenvalue weighted by Gasteiger charge is -2.27. The van der Waals surface area contributed by atoms with E-state index in [4.69, 9.17) is 14.2 Å². The number of hydrogen-bond acceptors (Lipinski definition) is 5. The van der Waals surface area contributed by atoms with Gasteiger partial charge in [0.15, 0.2) is 0 Å². The molecule has 3 unspecified atom stereocenters. The number of carbonyl (C=O) groups is 1. The van der Waals surface area contributed by atoms with Gasteiger partial charge in [0, 0.05) is 10.2 Å². The average Bonchev–Trinajstić information content (AvgIpc) is 2.57. The van der Waals surface area contributed by atoms with E-state index >= 15 is 0 Å². The maximum atomic E-state index is 12.3. The summed E-state index contributed by atoms with van der Waals surface area (Å²) in [7, 11) is 1.39. The molecule has 5 nitrogen and oxygen atoms in total. The summed E-state index contributed by atoms with van der Waals surface area (Å²) in [6.07, 6.45) is -0.0868. The highest BCUT2D eigenvalue weighted by Gasteiger charge is 2.28. The molecule has 1 heterocycles. The average molecular weight is 384 g/mol. The lowest BCUT2D eigenvalue weighted by Crippen LogP contribution is -2.37. The fraction of sp³-hybridized carbons (Fsp3) is 0.529. The molecule has 1 aromatic rings. The topological polar surface area (TPSA) is 57.1 Å². The molecule has 0 saturated carbocycles. The molecular weight excluding hydrogens is 362 g/mol. The van der Waals surface area contributed by atoms with Crippen LogP contribution in [0, 0.1) is 0 Å². The largest absolute Gasteiger partial charge is 0.468 e. The molecule has 2 rings (SSSR count). The summed E-state index contributed by atoms with van der Waals surface area (Å²) in [6, 6.07) is 7.51. The number of aliphatic imine (C=N–C) groups is 1. The zero-order chi connectivity index (χ0) is 16.8. The Labute approximate surface area is 145 Å². The van der Waals surface area contributed by atoms with Gasteiger partial charge in [-0.1, -0.05) is 34.1 Å². The SMILES string of the molecule is COC(=O)C(C(C)=NC(C)C1COCCO1)c1ccccc1Br. The normalized spacial score (nSPS) is 21.6. The van der Waals surface area contributed by atoms with Crippen LogP contribution in [-0.2, 0) is 19.0 Å². The molecule has 1 aromatic carbocycles. The summed E-state index contributed by atoms with van der Waals surface area (Å²) in [4.78, 5) is 17.0. The van der Waals surface area contributed by atoms with Crippen molar-refractivity contribution < 1.29 is 19.0 Å². The quantitative estimate of drug-likeness (QED) is 0.579. The lowest BCUT2D eigenvalue weighted by molar-refractivity contribution is -0.140. The smallest absolute Gasteiger partial charge is 0.318 e. The van der Waals surface area contributed by atoms with E-state index in [1.165, 1.54) is 7.11 Å². The van der Waals surface area contributed by atoms with Gasteiger partial charge < -0.3 is 14.2 Å². The van der Waals surface area contributed by atoms with E-state index in [0.29, 0.717) is 25.5 Å². The number of halogens is 1. The molecule has 0 amide bonds. The van der Waals surface area contributed by atoms with Crippen LogP contribution < -0.4 is 0 Å². The summed E-state index contributed by atoms with van der Waals surface area (Å²) < 4.78 is 16.9. The van der Waals surface area contributed by atoms with Gasteiger partial charge in [-0.2, -0.15) is 0 Å². The Morgan fingerprint density at radius 1 is 1.39 bits per heavy atom. The minimum atomic E-state index is -0.539. The zero-order valence-corrected chi connectivity index (χ0v) is 15.2. The Balaban J connectivity index is 2.26. The first-order valence-corrected chi connectivity index (χ1v) is 8.39. The number of benzene rings is 1. The maximum absolute atomic E-state index is 12.3. The van der Waals surface area contributed by atoms with Crippen LogP contribution in [0.5, 0.6) is 0 Å². The highest BCUT2D eigenvalue weighted by Crippen LogP contribution is 2.28. The Kier molecular flexibility index (Phi) is 6.74. The summed E-state index contributed by atoms with van der Waals surface area (Å²) in [5.41, 5.74) is 1.54. The second-order valence-corrected chi connectivity index (χ2v) is 6.33. The molecule has 1 saturated heterocycles. The molecule has 0 aliphatic carbocycles. The Bertz CT molecular complexity index is 569. The monoisotopic (exact) mass is 383 g/mol. The molecule has 3 atom stereocenters. The van der Waals surface area contributed by atoms with Crippen molar-refractivity contribution in [1.29, 1.82) is 0 Å². The minimum Gasteiger partial charge on any atom is -0.468 e. The van der Waals surface area contributed by atoms with Crippen molar-refractivity contribution in [3.8, 4) is 0 Å². The van der Waals surface area contributed by atoms with Crippen LogP contribution in [0.25, 0.3) is 0 Å². The van der Waals surface area contributed by atoms with Crippen molar-refractivity contribution in [3.05, 3.63) is 34.3 Å². The van der Waals surface area contributed by atoms with E-state index in [1.54, 1.807) is 0 Å². The first kappa shape index (κ1) is 18.1. The molecule has 1 aliphatic rings. The van der Waals surface area contributed by atoms with Gasteiger partial charge in [0.05, 0.1) is 33.0 Å². The number of hydrogen-bond donors (Lipinski definition) is 0. The van der Waals surface area contributed by atoms with Gasteiger partial charge in [0.2, 0.25) is 0 Å². The van der Waals surface area contributed by atoms with E-state index in [1.807, 2.05) is 38.1 Å². The van der Waals surface area contributed by atoms with Crippen molar-refractivity contribution in [2.45, 2.75) is 31.9 Å². The second-order valence-electron chi connectivity index (χ2n) is 5.47. The highest BCUT2D eigenvalue weighted by atomic mass is 79.9. The van der Waals surface area contributed by atoms with Gasteiger partial charge in [0.25, 0.3) is 0 Å². The third-order valence-electron chi connectivity index (χ3n) is 3.86. The molecule has 0 aromatic heterocycles. The summed E-state index contributed by atoms with van der Waals surface area (Å²) in [5, 5.41) is 0. The molecule has 0 N–H and O–H groups in total. The number of esters is 1. The Morgan fingerprint density at radius 2 is 2.13 bits per heavy atom. The van der Waals surface area contributed by atoms with Gasteiger partial charge in [-0.05, 0) is 25.5 Å². The van der Waals surface area contributed by atoms with Crippen LogP contribution in [-0.4, -0.2) is 50.8 Å². The fourth-order valence-electron chi connectivity index (χ4n) is 2.61. The van der Waals surface area contributed by atoms with E-state index in [0.717, 1.165) is 10.0 Å². The standard InChI is InChI=1S/C17H22BrNO4/c1-11(15-10-22-8-9-23-15)19-12(2)16(17(20)21-3)13-6-4-5-7-14(13)18/h4-7,11,15-16H,8-10H2,1-3H3. The van der Waals surface area contributed by atoms with E-state index < -0.39 is 5.92 Å². The molecule has 0 spiro atoms. The van der Waals surface area contributed by atoms with Crippen molar-refractivity contribution in [1.82, 2.24) is 0 Å². The van der Waals surface area contributed by atoms with Crippen LogP contribution in [0.4, 0.5) is 0 Å². The van der Waals surface area contributed by atoms with Crippen molar-refractivity contribution in [2.75, 3.05) is 26.9 Å². The lowest BCUT2D eigenvalue weighted by atomic mass is 9.94. The first-order valence-electron chi connectivity index (χ1n) is 7.60. The van der Waals surface area contributed by atoms with Gasteiger partial charge >= 0.3 is 5.97 Å². The molecule has 6 heteroatoms. The highest BCUT2D eigenvalue weighted by molar-refractivity contribution is 9.10. The molecule has 1 aliphatic heterocycles. The van der Waals surface area contributed by atoms with Gasteiger partial charge in [-0.3, -0.25) is 9.79 Å². The van der Waals surface area contributed by atoms with Crippen LogP contribution in [0.1, 0.15) is 25.3 Å². The number of carbonyl (C=O) groups excluding carboxylic acids is 1. The van der Waals surface area contributed by atoms with Crippen LogP contribution in [0.15, 0.2) is 33.7 Å². The molecule has 1 fully saturated rings.